The van der Waals surface area contributed by atoms with Gasteiger partial charge in [0.2, 0.25) is 0 Å². The summed E-state index contributed by atoms with van der Waals surface area (Å²) < 4.78 is 4.90. The van der Waals surface area contributed by atoms with Gasteiger partial charge in [0.25, 0.3) is 0 Å². The minimum Gasteiger partial charge on any atom is -0.469 e. The number of hydrogen-bond donors (Lipinski definition) is 0. The van der Waals surface area contributed by atoms with Gasteiger partial charge in [-0.3, -0.25) is 4.79 Å². The molecule has 0 fully saturated rings. The molecule has 2 aromatic rings. The fraction of sp³-hybridized carbons (Fsp3) is 0.188. The molecule has 0 aliphatic heterocycles. The normalized spacial score (nSPS) is 11.9. The molecule has 0 N–H and O–H groups in total. The first kappa shape index (κ1) is 14.9. The SMILES string of the molecule is COC(=O)C(CSc1ccccc1Cl)c1ccccc1. The van der Waals surface area contributed by atoms with Crippen LogP contribution < -0.4 is 0 Å². The van der Waals surface area contributed by atoms with Crippen molar-refractivity contribution in [3.63, 3.8) is 0 Å². The van der Waals surface area contributed by atoms with Crippen molar-refractivity contribution >= 4 is 29.3 Å². The molecule has 0 aromatic heterocycles. The first-order chi connectivity index (χ1) is 9.72. The molecule has 2 rings (SSSR count). The van der Waals surface area contributed by atoms with E-state index in [0.29, 0.717) is 10.8 Å². The van der Waals surface area contributed by atoms with E-state index < -0.39 is 0 Å². The number of rotatable bonds is 5. The number of carbonyl (C=O) groups excluding carboxylic acids is 1. The van der Waals surface area contributed by atoms with Gasteiger partial charge in [0, 0.05) is 10.6 Å². The fourth-order valence-electron chi connectivity index (χ4n) is 1.86. The Kier molecular flexibility index (Phi) is 5.50. The largest absolute Gasteiger partial charge is 0.469 e. The van der Waals surface area contributed by atoms with Crippen LogP contribution in [0.3, 0.4) is 0 Å². The summed E-state index contributed by atoms with van der Waals surface area (Å²) in [6.07, 6.45) is 0. The van der Waals surface area contributed by atoms with Gasteiger partial charge < -0.3 is 4.74 Å². The summed E-state index contributed by atoms with van der Waals surface area (Å²) in [6.45, 7) is 0. The molecule has 1 atom stereocenters. The molecule has 0 bridgehead atoms. The number of carbonyl (C=O) groups is 1. The summed E-state index contributed by atoms with van der Waals surface area (Å²) in [4.78, 5) is 12.9. The van der Waals surface area contributed by atoms with Gasteiger partial charge >= 0.3 is 5.97 Å². The van der Waals surface area contributed by atoms with E-state index in [9.17, 15) is 4.79 Å². The molecule has 0 heterocycles. The molecule has 20 heavy (non-hydrogen) atoms. The third-order valence-electron chi connectivity index (χ3n) is 2.93. The van der Waals surface area contributed by atoms with E-state index in [2.05, 4.69) is 0 Å². The monoisotopic (exact) mass is 306 g/mol. The van der Waals surface area contributed by atoms with Crippen LogP contribution in [0.1, 0.15) is 11.5 Å². The second-order valence-electron chi connectivity index (χ2n) is 4.23. The number of methoxy groups -OCH3 is 1. The Hall–Kier alpha value is -1.45. The molecule has 0 saturated carbocycles. The Morgan fingerprint density at radius 2 is 1.80 bits per heavy atom. The molecule has 104 valence electrons. The van der Waals surface area contributed by atoms with Crippen LogP contribution in [-0.2, 0) is 9.53 Å². The lowest BCUT2D eigenvalue weighted by Crippen LogP contribution is -2.16. The number of thioether (sulfide) groups is 1. The maximum atomic E-state index is 12.0. The Morgan fingerprint density at radius 1 is 1.15 bits per heavy atom. The van der Waals surface area contributed by atoms with Crippen molar-refractivity contribution in [1.29, 1.82) is 0 Å². The smallest absolute Gasteiger partial charge is 0.313 e. The maximum absolute atomic E-state index is 12.0. The van der Waals surface area contributed by atoms with Gasteiger partial charge in [-0.15, -0.1) is 11.8 Å². The Bertz CT molecular complexity index is 572. The summed E-state index contributed by atoms with van der Waals surface area (Å²) in [6, 6.07) is 17.3. The van der Waals surface area contributed by atoms with E-state index in [-0.39, 0.29) is 11.9 Å². The summed E-state index contributed by atoms with van der Waals surface area (Å²) in [5.41, 5.74) is 0.957. The van der Waals surface area contributed by atoms with Gasteiger partial charge in [0.15, 0.2) is 0 Å². The lowest BCUT2D eigenvalue weighted by atomic mass is 10.0. The highest BCUT2D eigenvalue weighted by Gasteiger charge is 2.21. The molecular formula is C16H15ClO2S. The number of halogens is 1. The summed E-state index contributed by atoms with van der Waals surface area (Å²) in [7, 11) is 1.42. The number of hydrogen-bond acceptors (Lipinski definition) is 3. The van der Waals surface area contributed by atoms with Crippen molar-refractivity contribution in [2.45, 2.75) is 10.8 Å². The van der Waals surface area contributed by atoms with Crippen LogP contribution in [-0.4, -0.2) is 18.8 Å². The van der Waals surface area contributed by atoms with Crippen LogP contribution in [0, 0.1) is 0 Å². The second kappa shape index (κ2) is 7.36. The lowest BCUT2D eigenvalue weighted by Gasteiger charge is -2.15. The van der Waals surface area contributed by atoms with Crippen molar-refractivity contribution in [2.75, 3.05) is 12.9 Å². The average molecular weight is 307 g/mol. The van der Waals surface area contributed by atoms with Crippen LogP contribution in [0.2, 0.25) is 5.02 Å². The average Bonchev–Trinajstić information content (AvgIpc) is 2.50. The third kappa shape index (κ3) is 3.78. The molecule has 0 aliphatic carbocycles. The molecule has 1 unspecified atom stereocenters. The zero-order valence-electron chi connectivity index (χ0n) is 11.1. The predicted molar refractivity (Wildman–Crippen MR) is 83.4 cm³/mol. The highest BCUT2D eigenvalue weighted by molar-refractivity contribution is 7.99. The third-order valence-corrected chi connectivity index (χ3v) is 4.54. The highest BCUT2D eigenvalue weighted by atomic mass is 35.5. The molecule has 4 heteroatoms. The van der Waals surface area contributed by atoms with Crippen LogP contribution in [0.4, 0.5) is 0 Å². The van der Waals surface area contributed by atoms with Crippen LogP contribution >= 0.6 is 23.4 Å². The zero-order chi connectivity index (χ0) is 14.4. The summed E-state index contributed by atoms with van der Waals surface area (Å²) >= 11 is 7.69. The van der Waals surface area contributed by atoms with Gasteiger partial charge in [-0.2, -0.15) is 0 Å². The maximum Gasteiger partial charge on any atom is 0.313 e. The Balaban J connectivity index is 2.14. The number of esters is 1. The van der Waals surface area contributed by atoms with Gasteiger partial charge in [-0.05, 0) is 17.7 Å². The first-order valence-corrected chi connectivity index (χ1v) is 7.59. The van der Waals surface area contributed by atoms with Gasteiger partial charge in [0.1, 0.15) is 0 Å². The van der Waals surface area contributed by atoms with E-state index >= 15 is 0 Å². The van der Waals surface area contributed by atoms with Gasteiger partial charge in [-0.25, -0.2) is 0 Å². The van der Waals surface area contributed by atoms with Crippen LogP contribution in [0.25, 0.3) is 0 Å². The molecule has 0 radical (unpaired) electrons. The quantitative estimate of drug-likeness (QED) is 0.605. The molecular weight excluding hydrogens is 292 g/mol. The minimum atomic E-state index is -0.289. The van der Waals surface area contributed by atoms with Gasteiger partial charge in [-0.1, -0.05) is 54.1 Å². The first-order valence-electron chi connectivity index (χ1n) is 6.22. The van der Waals surface area contributed by atoms with Crippen LogP contribution in [0.15, 0.2) is 59.5 Å². The van der Waals surface area contributed by atoms with Crippen LogP contribution in [0.5, 0.6) is 0 Å². The van der Waals surface area contributed by atoms with E-state index in [0.717, 1.165) is 10.5 Å². The van der Waals surface area contributed by atoms with Crippen molar-refractivity contribution in [1.82, 2.24) is 0 Å². The van der Waals surface area contributed by atoms with E-state index in [4.69, 9.17) is 16.3 Å². The van der Waals surface area contributed by atoms with E-state index in [1.807, 2.05) is 54.6 Å². The summed E-state index contributed by atoms with van der Waals surface area (Å²) in [5.74, 6) is 0.0821. The molecule has 0 saturated heterocycles. The minimum absolute atomic E-state index is 0.226. The molecule has 0 spiro atoms. The summed E-state index contributed by atoms with van der Waals surface area (Å²) in [5, 5.41) is 0.703. The van der Waals surface area contributed by atoms with Crippen molar-refractivity contribution in [3.05, 3.63) is 65.2 Å². The second-order valence-corrected chi connectivity index (χ2v) is 5.70. The lowest BCUT2D eigenvalue weighted by molar-refractivity contribution is -0.141. The predicted octanol–water partition coefficient (Wildman–Crippen LogP) is 4.39. The van der Waals surface area contributed by atoms with Crippen molar-refractivity contribution in [3.8, 4) is 0 Å². The molecule has 2 aromatic carbocycles. The molecule has 0 aliphatic rings. The topological polar surface area (TPSA) is 26.3 Å². The fourth-order valence-corrected chi connectivity index (χ4v) is 3.22. The number of ether oxygens (including phenoxy) is 1. The Labute approximate surface area is 128 Å². The zero-order valence-corrected chi connectivity index (χ0v) is 12.7. The molecule has 2 nitrogen and oxygen atoms in total. The Morgan fingerprint density at radius 3 is 2.45 bits per heavy atom. The standard InChI is InChI=1S/C16H15ClO2S/c1-19-16(18)13(12-7-3-2-4-8-12)11-20-15-10-6-5-9-14(15)17/h2-10,13H,11H2,1H3. The van der Waals surface area contributed by atoms with Crippen molar-refractivity contribution in [2.24, 2.45) is 0 Å². The van der Waals surface area contributed by atoms with Crippen molar-refractivity contribution < 1.29 is 9.53 Å². The van der Waals surface area contributed by atoms with Gasteiger partial charge in [0.05, 0.1) is 18.1 Å². The number of benzene rings is 2. The molecule has 0 amide bonds. The van der Waals surface area contributed by atoms with E-state index in [1.54, 1.807) is 11.8 Å². The van der Waals surface area contributed by atoms with E-state index in [1.165, 1.54) is 7.11 Å². The highest BCUT2D eigenvalue weighted by Crippen LogP contribution is 2.31.